The molecule has 0 amide bonds. The van der Waals surface area contributed by atoms with E-state index in [0.29, 0.717) is 15.0 Å². The molecule has 0 aromatic carbocycles. The topological polar surface area (TPSA) is 165 Å². The van der Waals surface area contributed by atoms with Crippen LogP contribution in [0, 0.1) is 30.3 Å². The van der Waals surface area contributed by atoms with Crippen LogP contribution in [0.1, 0.15) is 6.92 Å². The molecule has 0 saturated carbocycles. The van der Waals surface area contributed by atoms with Crippen molar-refractivity contribution in [3.63, 3.8) is 0 Å². The first-order valence-electron chi connectivity index (χ1n) is 5.42. The zero-order chi connectivity index (χ0) is 16.6. The van der Waals surface area contributed by atoms with E-state index in [1.54, 1.807) is 0 Å². The molecule has 0 aliphatic carbocycles. The van der Waals surface area contributed by atoms with Crippen molar-refractivity contribution >= 4 is 5.97 Å². The number of nitrogens with zero attached hydrogens (tertiary/aromatic N) is 6. The van der Waals surface area contributed by atoms with Gasteiger partial charge in [-0.1, -0.05) is 5.01 Å². The number of carbonyl (C=O) groups is 1. The van der Waals surface area contributed by atoms with Gasteiger partial charge in [-0.05, 0) is 0 Å². The molecule has 0 bridgehead atoms. The van der Waals surface area contributed by atoms with Crippen molar-refractivity contribution in [1.82, 2.24) is 15.0 Å². The van der Waals surface area contributed by atoms with Crippen molar-refractivity contribution in [3.05, 3.63) is 30.3 Å². The van der Waals surface area contributed by atoms with Gasteiger partial charge in [-0.25, -0.2) is 30.3 Å². The maximum atomic E-state index is 10.7. The minimum Gasteiger partial charge on any atom is -0.439 e. The Morgan fingerprint density at radius 3 is 1.86 bits per heavy atom. The van der Waals surface area contributed by atoms with Gasteiger partial charge in [0, 0.05) is 6.92 Å². The van der Waals surface area contributed by atoms with Crippen molar-refractivity contribution in [2.45, 2.75) is 6.92 Å². The van der Waals surface area contributed by atoms with Crippen LogP contribution in [0.3, 0.4) is 0 Å². The molecule has 0 fully saturated rings. The van der Waals surface area contributed by atoms with Crippen LogP contribution in [0.15, 0.2) is 0 Å². The maximum absolute atomic E-state index is 10.7. The molecule has 0 aliphatic heterocycles. The number of nitro groups is 3. The smallest absolute Gasteiger partial charge is 0.304 e. The van der Waals surface area contributed by atoms with E-state index in [4.69, 9.17) is 0 Å². The second-order valence-corrected chi connectivity index (χ2v) is 3.74. The molecule has 0 aromatic rings. The third-order valence-corrected chi connectivity index (χ3v) is 2.14. The maximum Gasteiger partial charge on any atom is 0.304 e. The standard InChI is InChI=1S/C7H14N6O8/c1-7(14)21-6-10(13(19)20)4-3-9(12(17)18)5-8(2)11(15)16/h3-6H2,1-2H3. The van der Waals surface area contributed by atoms with Crippen LogP contribution in [-0.2, 0) is 9.53 Å². The van der Waals surface area contributed by atoms with Gasteiger partial charge < -0.3 is 4.74 Å². The number of hydrazine groups is 3. The summed E-state index contributed by atoms with van der Waals surface area (Å²) in [5.74, 6) is -0.749. The molecule has 0 saturated heterocycles. The number of hydrogen-bond donors (Lipinski definition) is 0. The number of hydrogen-bond acceptors (Lipinski definition) is 8. The van der Waals surface area contributed by atoms with Crippen LogP contribution in [0.2, 0.25) is 0 Å². The largest absolute Gasteiger partial charge is 0.439 e. The van der Waals surface area contributed by atoms with Crippen LogP contribution < -0.4 is 0 Å². The highest BCUT2D eigenvalue weighted by Crippen LogP contribution is 1.97. The van der Waals surface area contributed by atoms with Gasteiger partial charge in [0.1, 0.15) is 13.1 Å². The summed E-state index contributed by atoms with van der Waals surface area (Å²) in [6.45, 7) is -1.24. The summed E-state index contributed by atoms with van der Waals surface area (Å²) in [4.78, 5) is 42.3. The Morgan fingerprint density at radius 1 is 1.00 bits per heavy atom. The third kappa shape index (κ3) is 7.28. The normalized spacial score (nSPS) is 9.62. The first-order chi connectivity index (χ1) is 9.65. The van der Waals surface area contributed by atoms with Crippen LogP contribution >= 0.6 is 0 Å². The third-order valence-electron chi connectivity index (χ3n) is 2.14. The fraction of sp³-hybridized carbons (Fsp3) is 0.857. The lowest BCUT2D eigenvalue weighted by molar-refractivity contribution is -0.711. The second kappa shape index (κ2) is 8.28. The molecule has 0 aliphatic rings. The molecule has 0 atom stereocenters. The SMILES string of the molecule is CC(=O)OCN(CCN(CN(C)[N+](=O)[O-])[N+](=O)[O-])[N+](=O)[O-]. The predicted octanol–water partition coefficient (Wildman–Crippen LogP) is -1.42. The van der Waals surface area contributed by atoms with Gasteiger partial charge in [0.25, 0.3) is 0 Å². The van der Waals surface area contributed by atoms with E-state index in [9.17, 15) is 35.1 Å². The quantitative estimate of drug-likeness (QED) is 0.201. The molecular weight excluding hydrogens is 296 g/mol. The van der Waals surface area contributed by atoms with Crippen molar-refractivity contribution in [1.29, 1.82) is 0 Å². The van der Waals surface area contributed by atoms with Gasteiger partial charge >= 0.3 is 5.97 Å². The molecule has 0 aromatic heterocycles. The molecular formula is C7H14N6O8. The Balaban J connectivity index is 4.55. The van der Waals surface area contributed by atoms with Crippen molar-refractivity contribution in [2.75, 3.05) is 33.5 Å². The van der Waals surface area contributed by atoms with Gasteiger partial charge in [-0.15, -0.1) is 10.0 Å². The van der Waals surface area contributed by atoms with Crippen molar-refractivity contribution in [2.24, 2.45) is 0 Å². The van der Waals surface area contributed by atoms with E-state index in [2.05, 4.69) is 4.74 Å². The van der Waals surface area contributed by atoms with E-state index in [0.717, 1.165) is 14.0 Å². The highest BCUT2D eigenvalue weighted by atomic mass is 16.7. The summed E-state index contributed by atoms with van der Waals surface area (Å²) in [6.07, 6.45) is 0. The van der Waals surface area contributed by atoms with Crippen LogP contribution in [0.25, 0.3) is 0 Å². The van der Waals surface area contributed by atoms with Gasteiger partial charge in [0.2, 0.25) is 13.4 Å². The van der Waals surface area contributed by atoms with Crippen molar-refractivity contribution < 1.29 is 24.6 Å². The zero-order valence-corrected chi connectivity index (χ0v) is 11.3. The first-order valence-corrected chi connectivity index (χ1v) is 5.42. The summed E-state index contributed by atoms with van der Waals surface area (Å²) in [5, 5.41) is 30.4. The van der Waals surface area contributed by atoms with E-state index in [-0.39, 0.29) is 0 Å². The molecule has 14 heteroatoms. The predicted molar refractivity (Wildman–Crippen MR) is 63.7 cm³/mol. The Morgan fingerprint density at radius 2 is 1.48 bits per heavy atom. The Kier molecular flexibility index (Phi) is 7.13. The lowest BCUT2D eigenvalue weighted by atomic mass is 10.6. The summed E-state index contributed by atoms with van der Waals surface area (Å²) in [5.41, 5.74) is 0. The number of carbonyl (C=O) groups excluding carboxylic acids is 1. The molecule has 0 radical (unpaired) electrons. The molecule has 0 N–H and O–H groups in total. The molecule has 0 unspecified atom stereocenters. The van der Waals surface area contributed by atoms with Gasteiger partial charge in [0.05, 0.1) is 7.05 Å². The highest BCUT2D eigenvalue weighted by Gasteiger charge is 2.25. The fourth-order valence-electron chi connectivity index (χ4n) is 1.08. The lowest BCUT2D eigenvalue weighted by Gasteiger charge is -2.18. The molecule has 21 heavy (non-hydrogen) atoms. The monoisotopic (exact) mass is 310 g/mol. The average molecular weight is 310 g/mol. The second-order valence-electron chi connectivity index (χ2n) is 3.74. The summed E-state index contributed by atoms with van der Waals surface area (Å²) >= 11 is 0. The molecule has 120 valence electrons. The zero-order valence-electron chi connectivity index (χ0n) is 11.3. The minimum absolute atomic E-state index is 0.424. The van der Waals surface area contributed by atoms with Crippen LogP contribution in [-0.4, -0.2) is 69.6 Å². The fourth-order valence-corrected chi connectivity index (χ4v) is 1.08. The summed E-state index contributed by atoms with van der Waals surface area (Å²) < 4.78 is 4.42. The van der Waals surface area contributed by atoms with Crippen LogP contribution in [0.4, 0.5) is 0 Å². The number of esters is 1. The van der Waals surface area contributed by atoms with E-state index in [1.807, 2.05) is 0 Å². The Hall–Kier alpha value is -2.93. The minimum atomic E-state index is -0.913. The summed E-state index contributed by atoms with van der Waals surface area (Å²) in [7, 11) is 1.01. The van der Waals surface area contributed by atoms with E-state index in [1.165, 1.54) is 0 Å². The number of ether oxygens (including phenoxy) is 1. The highest BCUT2D eigenvalue weighted by molar-refractivity contribution is 5.65. The molecule has 0 heterocycles. The van der Waals surface area contributed by atoms with Gasteiger partial charge in [0.15, 0.2) is 15.1 Å². The molecule has 14 nitrogen and oxygen atoms in total. The summed E-state index contributed by atoms with van der Waals surface area (Å²) in [6, 6.07) is 0. The Bertz CT molecular complexity index is 416. The molecule has 0 spiro atoms. The van der Waals surface area contributed by atoms with Gasteiger partial charge in [-0.3, -0.25) is 4.79 Å². The lowest BCUT2D eigenvalue weighted by Crippen LogP contribution is -2.46. The number of rotatable bonds is 10. The van der Waals surface area contributed by atoms with E-state index < -0.39 is 47.6 Å². The van der Waals surface area contributed by atoms with E-state index >= 15 is 0 Å². The van der Waals surface area contributed by atoms with Crippen LogP contribution in [0.5, 0.6) is 0 Å². The first kappa shape index (κ1) is 18.1. The van der Waals surface area contributed by atoms with Crippen molar-refractivity contribution in [3.8, 4) is 0 Å². The van der Waals surface area contributed by atoms with Gasteiger partial charge in [-0.2, -0.15) is 0 Å². The average Bonchev–Trinajstić information content (AvgIpc) is 2.35. The molecule has 0 rings (SSSR count). The Labute approximate surface area is 117 Å².